The van der Waals surface area contributed by atoms with E-state index in [4.69, 9.17) is 4.42 Å². The van der Waals surface area contributed by atoms with Crippen LogP contribution in [0, 0.1) is 5.92 Å². The number of carbonyl (C=O) groups is 2. The van der Waals surface area contributed by atoms with Gasteiger partial charge in [0.15, 0.2) is 0 Å². The van der Waals surface area contributed by atoms with Crippen molar-refractivity contribution in [2.45, 2.75) is 26.4 Å². The first-order chi connectivity index (χ1) is 7.02. The first-order valence-electron chi connectivity index (χ1n) is 5.06. The minimum absolute atomic E-state index is 0.0339. The molecule has 0 bridgehead atoms. The lowest BCUT2D eigenvalue weighted by Crippen LogP contribution is -2.32. The van der Waals surface area contributed by atoms with E-state index in [0.717, 1.165) is 5.38 Å². The zero-order valence-electron chi connectivity index (χ0n) is 9.32. The summed E-state index contributed by atoms with van der Waals surface area (Å²) in [5, 5.41) is 0.961. The van der Waals surface area contributed by atoms with Gasteiger partial charge in [0.2, 0.25) is 0 Å². The molecule has 0 saturated heterocycles. The van der Waals surface area contributed by atoms with Gasteiger partial charge in [0.05, 0.1) is 17.6 Å². The van der Waals surface area contributed by atoms with Crippen LogP contribution in [-0.4, -0.2) is 20.4 Å². The molecule has 1 heterocycles. The van der Waals surface area contributed by atoms with Crippen LogP contribution in [0.3, 0.4) is 0 Å². The minimum Gasteiger partial charge on any atom is -0.475 e. The molecule has 82 valence electrons. The van der Waals surface area contributed by atoms with E-state index in [1.165, 1.54) is 13.8 Å². The van der Waals surface area contributed by atoms with Crippen molar-refractivity contribution in [2.75, 3.05) is 0 Å². The van der Waals surface area contributed by atoms with Crippen LogP contribution in [0.25, 0.3) is 0 Å². The lowest BCUT2D eigenvalue weighted by atomic mass is 10.0. The molecule has 0 aliphatic heterocycles. The fourth-order valence-electron chi connectivity index (χ4n) is 1.66. The number of hydrogen-bond donors (Lipinski definition) is 0. The smallest absolute Gasteiger partial charge is 0.139 e. The normalized spacial score (nSPS) is 12.8. The third-order valence-electron chi connectivity index (χ3n) is 2.60. The third kappa shape index (κ3) is 3.16. The lowest BCUT2D eigenvalue weighted by molar-refractivity contribution is -0.129. The number of rotatable bonds is 5. The Bertz CT molecular complexity index is 329. The summed E-state index contributed by atoms with van der Waals surface area (Å²) >= 11 is 0. The molecule has 0 N–H and O–H groups in total. The van der Waals surface area contributed by atoms with Gasteiger partial charge in [-0.1, -0.05) is 6.55 Å². The van der Waals surface area contributed by atoms with Crippen LogP contribution in [0.4, 0.5) is 0 Å². The monoisotopic (exact) mass is 224 g/mol. The molecule has 1 rings (SSSR count). The van der Waals surface area contributed by atoms with Crippen LogP contribution in [-0.2, 0) is 9.59 Å². The SMILES string of the molecule is CC(=O)C(C[SiH](C)c1ccco1)C(C)=O. The van der Waals surface area contributed by atoms with E-state index in [1.807, 2.05) is 12.1 Å². The summed E-state index contributed by atoms with van der Waals surface area (Å²) in [5.74, 6) is -0.501. The summed E-state index contributed by atoms with van der Waals surface area (Å²) < 4.78 is 5.29. The van der Waals surface area contributed by atoms with Crippen molar-refractivity contribution in [3.8, 4) is 0 Å². The van der Waals surface area contributed by atoms with Gasteiger partial charge in [0, 0.05) is 0 Å². The van der Waals surface area contributed by atoms with E-state index in [0.29, 0.717) is 6.04 Å². The second kappa shape index (κ2) is 5.07. The fraction of sp³-hybridized carbons (Fsp3) is 0.455. The van der Waals surface area contributed by atoms with E-state index in [9.17, 15) is 9.59 Å². The van der Waals surface area contributed by atoms with Gasteiger partial charge in [-0.25, -0.2) is 0 Å². The van der Waals surface area contributed by atoms with Crippen LogP contribution in [0.5, 0.6) is 0 Å². The van der Waals surface area contributed by atoms with Gasteiger partial charge in [-0.2, -0.15) is 0 Å². The number of ketones is 2. The number of carbonyl (C=O) groups excluding carboxylic acids is 2. The quantitative estimate of drug-likeness (QED) is 0.556. The number of Topliss-reactive ketones (excluding diaryl/α,β-unsaturated/α-hetero) is 2. The summed E-state index contributed by atoms with van der Waals surface area (Å²) in [6.45, 7) is 5.06. The molecule has 4 heteroatoms. The zero-order chi connectivity index (χ0) is 11.4. The Morgan fingerprint density at radius 1 is 1.40 bits per heavy atom. The van der Waals surface area contributed by atoms with Gasteiger partial charge in [-0.05, 0) is 32.0 Å². The fourth-order valence-corrected chi connectivity index (χ4v) is 4.01. The van der Waals surface area contributed by atoms with Crippen molar-refractivity contribution >= 4 is 25.7 Å². The summed E-state index contributed by atoms with van der Waals surface area (Å²) in [5.41, 5.74) is 0. The average molecular weight is 224 g/mol. The maximum atomic E-state index is 11.3. The van der Waals surface area contributed by atoms with Gasteiger partial charge >= 0.3 is 0 Å². The van der Waals surface area contributed by atoms with Gasteiger partial charge in [0.25, 0.3) is 0 Å². The zero-order valence-corrected chi connectivity index (χ0v) is 10.5. The van der Waals surface area contributed by atoms with Crippen LogP contribution in [0.15, 0.2) is 22.8 Å². The average Bonchev–Trinajstić information content (AvgIpc) is 2.65. The Kier molecular flexibility index (Phi) is 4.02. The maximum absolute atomic E-state index is 11.3. The topological polar surface area (TPSA) is 47.3 Å². The maximum Gasteiger partial charge on any atom is 0.139 e. The second-order valence-electron chi connectivity index (χ2n) is 3.93. The molecule has 0 amide bonds. The van der Waals surface area contributed by atoms with Crippen LogP contribution in [0.1, 0.15) is 13.8 Å². The predicted molar refractivity (Wildman–Crippen MR) is 61.0 cm³/mol. The van der Waals surface area contributed by atoms with Gasteiger partial charge in [-0.3, -0.25) is 9.59 Å². The molecule has 0 spiro atoms. The summed E-state index contributed by atoms with van der Waals surface area (Å²) in [7, 11) is -1.29. The minimum atomic E-state index is -1.29. The van der Waals surface area contributed by atoms with E-state index in [-0.39, 0.29) is 11.6 Å². The predicted octanol–water partition coefficient (Wildman–Crippen LogP) is 1.14. The molecule has 3 nitrogen and oxygen atoms in total. The Labute approximate surface area is 91.1 Å². The highest BCUT2D eigenvalue weighted by Crippen LogP contribution is 2.11. The first kappa shape index (κ1) is 11.9. The highest BCUT2D eigenvalue weighted by molar-refractivity contribution is 6.71. The van der Waals surface area contributed by atoms with Crippen LogP contribution in [0.2, 0.25) is 12.6 Å². The third-order valence-corrected chi connectivity index (χ3v) is 5.08. The highest BCUT2D eigenvalue weighted by Gasteiger charge is 2.24. The van der Waals surface area contributed by atoms with Crippen molar-refractivity contribution < 1.29 is 14.0 Å². The molecule has 0 aliphatic rings. The Morgan fingerprint density at radius 3 is 2.40 bits per heavy atom. The van der Waals surface area contributed by atoms with Crippen molar-refractivity contribution in [3.63, 3.8) is 0 Å². The number of furan rings is 1. The van der Waals surface area contributed by atoms with E-state index in [2.05, 4.69) is 6.55 Å². The first-order valence-corrected chi connectivity index (χ1v) is 7.61. The number of hydrogen-bond acceptors (Lipinski definition) is 3. The summed E-state index contributed by atoms with van der Waals surface area (Å²) in [6, 6.07) is 4.43. The Balaban J connectivity index is 2.67. The van der Waals surface area contributed by atoms with Gasteiger partial charge in [-0.15, -0.1) is 0 Å². The molecular formula is C11H16O3Si. The molecular weight excluding hydrogens is 208 g/mol. The molecule has 1 aromatic rings. The largest absolute Gasteiger partial charge is 0.475 e. The molecule has 0 saturated carbocycles. The molecule has 15 heavy (non-hydrogen) atoms. The van der Waals surface area contributed by atoms with Gasteiger partial charge in [0.1, 0.15) is 20.4 Å². The molecule has 0 aromatic carbocycles. The van der Waals surface area contributed by atoms with Crippen molar-refractivity contribution in [2.24, 2.45) is 5.92 Å². The summed E-state index contributed by atoms with van der Waals surface area (Å²) in [4.78, 5) is 22.5. The molecule has 1 unspecified atom stereocenters. The Morgan fingerprint density at radius 2 is 2.00 bits per heavy atom. The van der Waals surface area contributed by atoms with Crippen LogP contribution >= 0.6 is 0 Å². The second-order valence-corrected chi connectivity index (χ2v) is 6.77. The van der Waals surface area contributed by atoms with Crippen LogP contribution < -0.4 is 5.38 Å². The van der Waals surface area contributed by atoms with Crippen molar-refractivity contribution in [1.29, 1.82) is 0 Å². The van der Waals surface area contributed by atoms with E-state index < -0.39 is 14.7 Å². The molecule has 0 fully saturated rings. The lowest BCUT2D eigenvalue weighted by Gasteiger charge is -2.13. The Hall–Kier alpha value is -1.16. The van der Waals surface area contributed by atoms with E-state index in [1.54, 1.807) is 6.26 Å². The van der Waals surface area contributed by atoms with Crippen molar-refractivity contribution in [1.82, 2.24) is 0 Å². The molecule has 0 aliphatic carbocycles. The molecule has 1 atom stereocenters. The summed E-state index contributed by atoms with van der Waals surface area (Å²) in [6.07, 6.45) is 1.63. The highest BCUT2D eigenvalue weighted by atomic mass is 28.3. The van der Waals surface area contributed by atoms with Crippen molar-refractivity contribution in [3.05, 3.63) is 18.4 Å². The van der Waals surface area contributed by atoms with E-state index >= 15 is 0 Å². The molecule has 1 aromatic heterocycles. The molecule has 0 radical (unpaired) electrons. The van der Waals surface area contributed by atoms with Gasteiger partial charge < -0.3 is 4.42 Å². The standard InChI is InChI=1S/C11H16O3Si/c1-8(12)10(9(2)13)7-15(3)11-5-4-6-14-11/h4-6,10,15H,7H2,1-3H3.